The van der Waals surface area contributed by atoms with Crippen molar-refractivity contribution in [3.8, 4) is 0 Å². The molecule has 0 unspecified atom stereocenters. The van der Waals surface area contributed by atoms with Crippen LogP contribution in [0.25, 0.3) is 22.1 Å². The highest BCUT2D eigenvalue weighted by molar-refractivity contribution is 6.34. The summed E-state index contributed by atoms with van der Waals surface area (Å²) in [7, 11) is 2.87. The van der Waals surface area contributed by atoms with Crippen molar-refractivity contribution in [1.82, 2.24) is 29.1 Å². The number of ether oxygens (including phenoxy) is 2. The molecule has 18 nitrogen and oxygen atoms in total. The Kier molecular flexibility index (Phi) is 13.9. The van der Waals surface area contributed by atoms with Crippen LogP contribution < -0.4 is 11.4 Å². The van der Waals surface area contributed by atoms with E-state index in [1.54, 1.807) is 82.2 Å². The molecule has 4 aromatic heterocycles. The number of halogens is 3. The average Bonchev–Trinajstić information content (AvgIpc) is 3.97. The van der Waals surface area contributed by atoms with Gasteiger partial charge in [-0.15, -0.1) is 0 Å². The number of benzene rings is 2. The molecule has 57 heavy (non-hydrogen) atoms. The number of nitrogens with two attached hydrogens (primary N) is 1. The van der Waals surface area contributed by atoms with Crippen LogP contribution in [0, 0.1) is 0 Å². The SMILES string of the molecule is CON.CONc1ncnc2c1ccn2[C@@H]1O[C@H]([C@H](O)c2ccc(Cl)cc2)[C@@H](O)[C@H]1O.O[C@@H]1[C@H](O)[C@H]([C@H](O)c2ccc(Cl)cc2)O[C@H]1n1ccc2c(Cl)ncnc21. The summed E-state index contributed by atoms with van der Waals surface area (Å²) < 4.78 is 14.8. The average molecular weight is 850 g/mol. The van der Waals surface area contributed by atoms with E-state index in [2.05, 4.69) is 36.2 Å². The highest BCUT2D eigenvalue weighted by atomic mass is 35.5. The van der Waals surface area contributed by atoms with E-state index in [0.29, 0.717) is 49.1 Å². The summed E-state index contributed by atoms with van der Waals surface area (Å²) in [6, 6.07) is 16.5. The first-order chi connectivity index (χ1) is 27.4. The van der Waals surface area contributed by atoms with Crippen molar-refractivity contribution in [2.75, 3.05) is 19.7 Å². The molecule has 9 N–H and O–H groups in total. The van der Waals surface area contributed by atoms with Crippen LogP contribution >= 0.6 is 34.8 Å². The topological polar surface area (TPSA) is 258 Å². The standard InChI is InChI=1S/C18H19ClN4O5.C17H15Cl2N3O4.CH5NO/c1-27-22-16-11-6-7-23(17(11)21-8-20-16)18-14(26)13(25)15(28-18)12(24)9-2-4-10(19)5-3-9;18-9-3-1-8(2-4-9)11(23)14-12(24)13(25)17(26-14)22-6-5-10-15(19)20-7-21-16(10)22;1-3-2/h2-8,12-15,18,24-26H,1H3,(H,20,21,22);1-7,11-14,17,23-25H;2H2,1H3/t12-,13+,14-,15-,18-;11-,12+,13-,14+,17-;/m11./s1. The van der Waals surface area contributed by atoms with Gasteiger partial charge in [-0.3, -0.25) is 4.84 Å². The van der Waals surface area contributed by atoms with Gasteiger partial charge in [-0.05, 0) is 47.5 Å². The van der Waals surface area contributed by atoms with Crippen LogP contribution in [0.5, 0.6) is 0 Å². The van der Waals surface area contributed by atoms with Gasteiger partial charge in [0.1, 0.15) is 77.9 Å². The maximum Gasteiger partial charge on any atom is 0.164 e. The summed E-state index contributed by atoms with van der Waals surface area (Å²) in [4.78, 5) is 25.1. The van der Waals surface area contributed by atoms with Crippen molar-refractivity contribution < 1.29 is 49.8 Å². The first-order valence-electron chi connectivity index (χ1n) is 17.1. The Hall–Kier alpha value is -4.09. The molecule has 6 heterocycles. The van der Waals surface area contributed by atoms with E-state index in [9.17, 15) is 30.6 Å². The minimum atomic E-state index is -1.30. The third-order valence-electron chi connectivity index (χ3n) is 9.31. The summed E-state index contributed by atoms with van der Waals surface area (Å²) >= 11 is 17.8. The van der Waals surface area contributed by atoms with Gasteiger partial charge in [-0.1, -0.05) is 59.1 Å². The fraction of sp³-hybridized carbons (Fsp3) is 0.333. The van der Waals surface area contributed by atoms with Gasteiger partial charge >= 0.3 is 0 Å². The Bertz CT molecular complexity index is 2230. The second-order valence-electron chi connectivity index (χ2n) is 12.8. The normalized spacial score (nSPS) is 25.4. The van der Waals surface area contributed by atoms with Crippen LogP contribution in [-0.2, 0) is 19.1 Å². The summed E-state index contributed by atoms with van der Waals surface area (Å²) in [5.41, 5.74) is 4.64. The third-order valence-corrected chi connectivity index (χ3v) is 10.1. The molecule has 2 aromatic carbocycles. The molecule has 0 bridgehead atoms. The minimum absolute atomic E-state index is 0.277. The Morgan fingerprint density at radius 1 is 0.649 bits per heavy atom. The molecule has 21 heteroatoms. The van der Waals surface area contributed by atoms with E-state index in [0.717, 1.165) is 0 Å². The molecular formula is C36H39Cl3N8O10. The maximum atomic E-state index is 10.6. The third kappa shape index (κ3) is 8.85. The first-order valence-corrected chi connectivity index (χ1v) is 18.2. The fourth-order valence-corrected chi connectivity index (χ4v) is 6.99. The molecule has 0 saturated carbocycles. The first kappa shape index (κ1) is 42.5. The highest BCUT2D eigenvalue weighted by Gasteiger charge is 2.48. The quantitative estimate of drug-likeness (QED) is 0.0809. The molecule has 0 radical (unpaired) electrons. The van der Waals surface area contributed by atoms with E-state index in [1.807, 2.05) is 0 Å². The lowest BCUT2D eigenvalue weighted by Gasteiger charge is -2.21. The van der Waals surface area contributed by atoms with E-state index < -0.39 is 61.3 Å². The van der Waals surface area contributed by atoms with Crippen LogP contribution in [0.4, 0.5) is 5.82 Å². The number of rotatable bonds is 8. The second-order valence-corrected chi connectivity index (χ2v) is 14.0. The number of fused-ring (bicyclic) bond motifs is 2. The van der Waals surface area contributed by atoms with Crippen LogP contribution in [-0.4, -0.2) is 111 Å². The van der Waals surface area contributed by atoms with Crippen molar-refractivity contribution in [2.45, 2.75) is 61.3 Å². The number of nitrogens with one attached hydrogen (secondary N) is 1. The Morgan fingerprint density at radius 2 is 1.07 bits per heavy atom. The number of hydrogen-bond donors (Lipinski definition) is 8. The summed E-state index contributed by atoms with van der Waals surface area (Å²) in [6.07, 6.45) is -5.36. The van der Waals surface area contributed by atoms with E-state index in [4.69, 9.17) is 49.1 Å². The van der Waals surface area contributed by atoms with E-state index >= 15 is 0 Å². The van der Waals surface area contributed by atoms with Crippen LogP contribution in [0.2, 0.25) is 15.2 Å². The van der Waals surface area contributed by atoms with Gasteiger partial charge in [-0.25, -0.2) is 31.3 Å². The molecular weight excluding hydrogens is 811 g/mol. The van der Waals surface area contributed by atoms with Crippen LogP contribution in [0.3, 0.4) is 0 Å². The number of aromatic nitrogens is 6. The van der Waals surface area contributed by atoms with Gasteiger partial charge in [0.25, 0.3) is 0 Å². The highest BCUT2D eigenvalue weighted by Crippen LogP contribution is 2.39. The molecule has 0 amide bonds. The van der Waals surface area contributed by atoms with Gasteiger partial charge in [0.2, 0.25) is 0 Å². The number of anilines is 1. The number of hydrogen-bond acceptors (Lipinski definition) is 16. The van der Waals surface area contributed by atoms with Crippen molar-refractivity contribution in [3.05, 3.63) is 112 Å². The monoisotopic (exact) mass is 848 g/mol. The molecule has 6 aromatic rings. The predicted molar refractivity (Wildman–Crippen MR) is 207 cm³/mol. The Morgan fingerprint density at radius 3 is 1.53 bits per heavy atom. The van der Waals surface area contributed by atoms with Crippen molar-refractivity contribution in [1.29, 1.82) is 0 Å². The Balaban J connectivity index is 0.000000181. The molecule has 304 valence electrons. The smallest absolute Gasteiger partial charge is 0.164 e. The van der Waals surface area contributed by atoms with Crippen LogP contribution in [0.1, 0.15) is 35.8 Å². The molecule has 0 spiro atoms. The van der Waals surface area contributed by atoms with Gasteiger partial charge in [-0.2, -0.15) is 0 Å². The number of nitrogens with zero attached hydrogens (tertiary/aromatic N) is 6. The largest absolute Gasteiger partial charge is 0.387 e. The maximum absolute atomic E-state index is 10.6. The Labute approximate surface area is 339 Å². The minimum Gasteiger partial charge on any atom is -0.387 e. The molecule has 2 aliphatic rings. The second kappa shape index (κ2) is 18.7. The molecule has 0 aliphatic carbocycles. The lowest BCUT2D eigenvalue weighted by molar-refractivity contribution is -0.0848. The molecule has 8 rings (SSSR count). The van der Waals surface area contributed by atoms with Crippen LogP contribution in [0.15, 0.2) is 85.7 Å². The zero-order chi connectivity index (χ0) is 41.0. The van der Waals surface area contributed by atoms with E-state index in [-0.39, 0.29) is 5.15 Å². The molecule has 2 aliphatic heterocycles. The lowest BCUT2D eigenvalue weighted by atomic mass is 9.99. The molecule has 10 atom stereocenters. The predicted octanol–water partition coefficient (Wildman–Crippen LogP) is 3.01. The van der Waals surface area contributed by atoms with Gasteiger partial charge in [0.05, 0.1) is 25.0 Å². The van der Waals surface area contributed by atoms with E-state index in [1.165, 1.54) is 26.9 Å². The van der Waals surface area contributed by atoms with Gasteiger partial charge < -0.3 is 54.1 Å². The summed E-state index contributed by atoms with van der Waals surface area (Å²) in [6.45, 7) is 0. The zero-order valence-corrected chi connectivity index (χ0v) is 32.3. The molecule has 2 fully saturated rings. The lowest BCUT2D eigenvalue weighted by Crippen LogP contribution is -2.34. The summed E-state index contributed by atoms with van der Waals surface area (Å²) in [5, 5.41) is 65.7. The van der Waals surface area contributed by atoms with Gasteiger partial charge in [0, 0.05) is 22.4 Å². The molecule has 2 saturated heterocycles. The number of aliphatic hydroxyl groups excluding tert-OH is 6. The van der Waals surface area contributed by atoms with Gasteiger partial charge in [0.15, 0.2) is 18.3 Å². The fourth-order valence-electron chi connectivity index (χ4n) is 6.55. The van der Waals surface area contributed by atoms with Crippen molar-refractivity contribution in [3.63, 3.8) is 0 Å². The number of aliphatic hydroxyl groups is 6. The summed E-state index contributed by atoms with van der Waals surface area (Å²) in [5.74, 6) is 4.80. The zero-order valence-electron chi connectivity index (χ0n) is 30.1. The van der Waals surface area contributed by atoms with Crippen molar-refractivity contribution >= 4 is 62.7 Å². The van der Waals surface area contributed by atoms with Crippen molar-refractivity contribution in [2.24, 2.45) is 5.90 Å².